The highest BCUT2D eigenvalue weighted by Crippen LogP contribution is 2.33. The van der Waals surface area contributed by atoms with Crippen molar-refractivity contribution in [3.63, 3.8) is 0 Å². The smallest absolute Gasteiger partial charge is 0.283 e. The van der Waals surface area contributed by atoms with E-state index in [1.807, 2.05) is 0 Å². The summed E-state index contributed by atoms with van der Waals surface area (Å²) >= 11 is 3.38. The molecule has 5 heteroatoms. The third-order valence-corrected chi connectivity index (χ3v) is 4.09. The number of anilines is 1. The monoisotopic (exact) mass is 327 g/mol. The van der Waals surface area contributed by atoms with E-state index >= 15 is 0 Å². The van der Waals surface area contributed by atoms with Gasteiger partial charge in [-0.15, -0.1) is 0 Å². The van der Waals surface area contributed by atoms with Gasteiger partial charge < -0.3 is 5.32 Å². The van der Waals surface area contributed by atoms with Crippen LogP contribution in [0.1, 0.15) is 39.5 Å². The Morgan fingerprint density at radius 1 is 1.53 bits per heavy atom. The molecule has 106 valence electrons. The fourth-order valence-corrected chi connectivity index (χ4v) is 2.53. The van der Waals surface area contributed by atoms with Crippen molar-refractivity contribution in [2.45, 2.75) is 46.1 Å². The van der Waals surface area contributed by atoms with Crippen LogP contribution in [0.2, 0.25) is 0 Å². The summed E-state index contributed by atoms with van der Waals surface area (Å²) in [6.07, 6.45) is 6.99. The molecule has 0 saturated heterocycles. The third-order valence-electron chi connectivity index (χ3n) is 3.32. The summed E-state index contributed by atoms with van der Waals surface area (Å²) < 4.78 is 2.11. The van der Waals surface area contributed by atoms with Crippen LogP contribution in [0.25, 0.3) is 0 Å². The number of rotatable bonds is 7. The van der Waals surface area contributed by atoms with Crippen molar-refractivity contribution in [3.8, 4) is 0 Å². The Bertz CT molecular complexity index is 480. The summed E-state index contributed by atoms with van der Waals surface area (Å²) in [6, 6.07) is 0. The van der Waals surface area contributed by atoms with Crippen LogP contribution >= 0.6 is 15.9 Å². The Morgan fingerprint density at radius 3 is 2.89 bits per heavy atom. The van der Waals surface area contributed by atoms with Gasteiger partial charge in [-0.25, -0.2) is 4.68 Å². The topological polar surface area (TPSA) is 46.9 Å². The maximum Gasteiger partial charge on any atom is 0.283 e. The summed E-state index contributed by atoms with van der Waals surface area (Å²) in [5, 5.41) is 7.51. The van der Waals surface area contributed by atoms with Gasteiger partial charge in [0.15, 0.2) is 0 Å². The van der Waals surface area contributed by atoms with Crippen molar-refractivity contribution in [1.82, 2.24) is 9.78 Å². The van der Waals surface area contributed by atoms with E-state index in [1.54, 1.807) is 6.20 Å². The Hall–Kier alpha value is -0.840. The first kappa shape index (κ1) is 14.6. The summed E-state index contributed by atoms with van der Waals surface area (Å²) in [5.74, 6) is 1.37. The van der Waals surface area contributed by atoms with Gasteiger partial charge in [-0.1, -0.05) is 26.7 Å². The minimum Gasteiger partial charge on any atom is -0.383 e. The van der Waals surface area contributed by atoms with Crippen molar-refractivity contribution in [2.75, 3.05) is 11.9 Å². The summed E-state index contributed by atoms with van der Waals surface area (Å²) in [6.45, 7) is 5.71. The number of hydrogen-bond acceptors (Lipinski definition) is 3. The molecule has 0 spiro atoms. The average molecular weight is 328 g/mol. The molecule has 1 N–H and O–H groups in total. The maximum absolute atomic E-state index is 12.1. The van der Waals surface area contributed by atoms with E-state index in [0.717, 1.165) is 24.6 Å². The Labute approximate surface area is 122 Å². The Balaban J connectivity index is 1.92. The molecule has 2 rings (SSSR count). The normalized spacial score (nSPS) is 14.9. The van der Waals surface area contributed by atoms with Crippen LogP contribution in [0.5, 0.6) is 0 Å². The molecule has 0 radical (unpaired) electrons. The van der Waals surface area contributed by atoms with Gasteiger partial charge in [-0.3, -0.25) is 4.79 Å². The molecule has 1 aliphatic rings. The molecular formula is C14H22BrN3O. The number of hydrogen-bond donors (Lipinski definition) is 1. The van der Waals surface area contributed by atoms with Crippen molar-refractivity contribution in [3.05, 3.63) is 21.0 Å². The third kappa shape index (κ3) is 4.34. The molecule has 1 aromatic rings. The second kappa shape index (κ2) is 6.55. The van der Waals surface area contributed by atoms with Crippen molar-refractivity contribution < 1.29 is 0 Å². The molecule has 0 aliphatic heterocycles. The number of nitrogens with zero attached hydrogens (tertiary/aromatic N) is 2. The predicted octanol–water partition coefficient (Wildman–Crippen LogP) is 3.26. The minimum atomic E-state index is -0.0547. The van der Waals surface area contributed by atoms with Crippen LogP contribution in [0.4, 0.5) is 5.69 Å². The van der Waals surface area contributed by atoms with E-state index < -0.39 is 0 Å². The summed E-state index contributed by atoms with van der Waals surface area (Å²) in [7, 11) is 0. The minimum absolute atomic E-state index is 0.0547. The maximum atomic E-state index is 12.1. The van der Waals surface area contributed by atoms with Crippen molar-refractivity contribution in [2.24, 2.45) is 11.8 Å². The lowest BCUT2D eigenvalue weighted by molar-refractivity contribution is 0.462. The second-order valence-corrected chi connectivity index (χ2v) is 6.56. The summed E-state index contributed by atoms with van der Waals surface area (Å²) in [5.41, 5.74) is 0.752. The molecule has 19 heavy (non-hydrogen) atoms. The van der Waals surface area contributed by atoms with Gasteiger partial charge in [0.2, 0.25) is 0 Å². The standard InChI is InChI=1S/C14H22BrN3O/c1-10(2)9-18-14(19)13(15)12(8-17-18)16-7-3-4-11-5-6-11/h8,10-11,16H,3-7,9H2,1-2H3. The van der Waals surface area contributed by atoms with Crippen molar-refractivity contribution >= 4 is 21.6 Å². The lowest BCUT2D eigenvalue weighted by Gasteiger charge is -2.11. The van der Waals surface area contributed by atoms with Crippen LogP contribution in [-0.2, 0) is 6.54 Å². The van der Waals surface area contributed by atoms with E-state index in [1.165, 1.54) is 23.9 Å². The SMILES string of the molecule is CC(C)Cn1ncc(NCCCC2CC2)c(Br)c1=O. The highest BCUT2D eigenvalue weighted by atomic mass is 79.9. The van der Waals surface area contributed by atoms with Crippen LogP contribution in [0, 0.1) is 11.8 Å². The molecule has 0 bridgehead atoms. The zero-order valence-electron chi connectivity index (χ0n) is 11.7. The number of nitrogens with one attached hydrogen (secondary N) is 1. The fraction of sp³-hybridized carbons (Fsp3) is 0.714. The molecule has 1 saturated carbocycles. The first-order chi connectivity index (χ1) is 9.08. The first-order valence-corrected chi connectivity index (χ1v) is 7.86. The van der Waals surface area contributed by atoms with E-state index in [-0.39, 0.29) is 5.56 Å². The van der Waals surface area contributed by atoms with E-state index in [2.05, 4.69) is 40.2 Å². The molecule has 1 heterocycles. The quantitative estimate of drug-likeness (QED) is 0.782. The number of aromatic nitrogens is 2. The zero-order valence-corrected chi connectivity index (χ0v) is 13.2. The molecule has 1 aromatic heterocycles. The predicted molar refractivity (Wildman–Crippen MR) is 81.5 cm³/mol. The molecule has 0 unspecified atom stereocenters. The molecule has 0 amide bonds. The second-order valence-electron chi connectivity index (χ2n) is 5.77. The molecule has 0 aromatic carbocycles. The highest BCUT2D eigenvalue weighted by Gasteiger charge is 2.20. The van der Waals surface area contributed by atoms with Crippen LogP contribution in [0.15, 0.2) is 15.5 Å². The average Bonchev–Trinajstić information content (AvgIpc) is 3.16. The van der Waals surface area contributed by atoms with Gasteiger partial charge in [0.1, 0.15) is 4.47 Å². The largest absolute Gasteiger partial charge is 0.383 e. The molecule has 1 aliphatic carbocycles. The lowest BCUT2D eigenvalue weighted by atomic mass is 10.2. The molecular weight excluding hydrogens is 306 g/mol. The Kier molecular flexibility index (Phi) is 5.02. The van der Waals surface area contributed by atoms with E-state index in [9.17, 15) is 4.79 Å². The van der Waals surface area contributed by atoms with Gasteiger partial charge in [-0.2, -0.15) is 5.10 Å². The highest BCUT2D eigenvalue weighted by molar-refractivity contribution is 9.10. The zero-order chi connectivity index (χ0) is 13.8. The summed E-state index contributed by atoms with van der Waals surface area (Å²) in [4.78, 5) is 12.1. The van der Waals surface area contributed by atoms with Crippen LogP contribution in [-0.4, -0.2) is 16.3 Å². The lowest BCUT2D eigenvalue weighted by Crippen LogP contribution is -2.26. The van der Waals surface area contributed by atoms with Gasteiger partial charge in [0.05, 0.1) is 11.9 Å². The van der Waals surface area contributed by atoms with Gasteiger partial charge in [-0.05, 0) is 40.6 Å². The van der Waals surface area contributed by atoms with Gasteiger partial charge in [0.25, 0.3) is 5.56 Å². The molecule has 4 nitrogen and oxygen atoms in total. The van der Waals surface area contributed by atoms with Crippen LogP contribution < -0.4 is 10.9 Å². The van der Waals surface area contributed by atoms with Gasteiger partial charge in [0, 0.05) is 13.1 Å². The fourth-order valence-electron chi connectivity index (χ4n) is 2.08. The first-order valence-electron chi connectivity index (χ1n) is 7.07. The van der Waals surface area contributed by atoms with E-state index in [4.69, 9.17) is 0 Å². The van der Waals surface area contributed by atoms with Crippen molar-refractivity contribution in [1.29, 1.82) is 0 Å². The molecule has 0 atom stereocenters. The Morgan fingerprint density at radius 2 is 2.26 bits per heavy atom. The van der Waals surface area contributed by atoms with Crippen LogP contribution in [0.3, 0.4) is 0 Å². The van der Waals surface area contributed by atoms with Gasteiger partial charge >= 0.3 is 0 Å². The molecule has 1 fully saturated rings. The number of halogens is 1. The van der Waals surface area contributed by atoms with E-state index in [0.29, 0.717) is 16.9 Å².